The van der Waals surface area contributed by atoms with Crippen LogP contribution >= 0.6 is 15.9 Å². The fourth-order valence-corrected chi connectivity index (χ4v) is 2.46. The zero-order chi connectivity index (χ0) is 13.8. The smallest absolute Gasteiger partial charge is 0.335 e. The van der Waals surface area contributed by atoms with Gasteiger partial charge in [0.1, 0.15) is 0 Å². The maximum absolute atomic E-state index is 10.9. The number of carboxylic acid groups (broad SMARTS) is 1. The third-order valence-corrected chi connectivity index (χ3v) is 3.17. The first-order valence-electron chi connectivity index (χ1n) is 5.88. The number of hydrogen-bond acceptors (Lipinski definition) is 2. The van der Waals surface area contributed by atoms with Crippen molar-refractivity contribution in [2.24, 2.45) is 0 Å². The lowest BCUT2D eigenvalue weighted by Crippen LogP contribution is -2.02. The van der Waals surface area contributed by atoms with Crippen LogP contribution in [0.25, 0.3) is 0 Å². The predicted octanol–water partition coefficient (Wildman–Crippen LogP) is 4.07. The number of halogens is 1. The van der Waals surface area contributed by atoms with Gasteiger partial charge in [-0.15, -0.1) is 0 Å². The summed E-state index contributed by atoms with van der Waals surface area (Å²) in [4.78, 5) is 10.9. The Hall–Kier alpha value is -1.81. The van der Waals surface area contributed by atoms with Gasteiger partial charge in [0, 0.05) is 16.7 Å². The van der Waals surface area contributed by atoms with Crippen molar-refractivity contribution in [3.8, 4) is 0 Å². The molecule has 2 aromatic rings. The molecule has 0 atom stereocenters. The molecule has 0 fully saturated rings. The van der Waals surface area contributed by atoms with Crippen molar-refractivity contribution in [2.75, 3.05) is 5.32 Å². The number of nitrogens with one attached hydrogen (secondary N) is 1. The molecule has 0 spiro atoms. The maximum atomic E-state index is 10.9. The summed E-state index contributed by atoms with van der Waals surface area (Å²) in [6.45, 7) is 2.62. The first-order chi connectivity index (χ1) is 9.04. The summed E-state index contributed by atoms with van der Waals surface area (Å²) >= 11 is 3.45. The lowest BCUT2D eigenvalue weighted by atomic mass is 10.1. The minimum absolute atomic E-state index is 0.310. The third-order valence-electron chi connectivity index (χ3n) is 2.71. The lowest BCUT2D eigenvalue weighted by molar-refractivity contribution is 0.0697. The Morgan fingerprint density at radius 1 is 1.26 bits per heavy atom. The van der Waals surface area contributed by atoms with Gasteiger partial charge in [-0.2, -0.15) is 0 Å². The molecular weight excluding hydrogens is 306 g/mol. The fraction of sp³-hybridized carbons (Fsp3) is 0.133. The van der Waals surface area contributed by atoms with Crippen molar-refractivity contribution in [3.05, 3.63) is 63.6 Å². The second-order valence-electron chi connectivity index (χ2n) is 4.38. The Morgan fingerprint density at radius 2 is 2.05 bits per heavy atom. The van der Waals surface area contributed by atoms with Crippen LogP contribution in [0.3, 0.4) is 0 Å². The summed E-state index contributed by atoms with van der Waals surface area (Å²) in [5.74, 6) is -0.903. The molecule has 0 unspecified atom stereocenters. The van der Waals surface area contributed by atoms with E-state index in [1.165, 1.54) is 0 Å². The van der Waals surface area contributed by atoms with Crippen LogP contribution in [-0.2, 0) is 6.54 Å². The van der Waals surface area contributed by atoms with E-state index in [-0.39, 0.29) is 0 Å². The first-order valence-corrected chi connectivity index (χ1v) is 6.67. The third kappa shape index (κ3) is 3.83. The van der Waals surface area contributed by atoms with Gasteiger partial charge < -0.3 is 10.4 Å². The number of aromatic carboxylic acids is 1. The van der Waals surface area contributed by atoms with Gasteiger partial charge in [-0.1, -0.05) is 28.1 Å². The molecule has 0 aliphatic heterocycles. The van der Waals surface area contributed by atoms with Crippen molar-refractivity contribution in [2.45, 2.75) is 13.5 Å². The topological polar surface area (TPSA) is 49.3 Å². The van der Waals surface area contributed by atoms with Crippen LogP contribution in [-0.4, -0.2) is 11.1 Å². The lowest BCUT2D eigenvalue weighted by Gasteiger charge is -2.08. The van der Waals surface area contributed by atoms with E-state index in [9.17, 15) is 4.79 Å². The van der Waals surface area contributed by atoms with Crippen LogP contribution in [0.15, 0.2) is 46.9 Å². The van der Waals surface area contributed by atoms with Gasteiger partial charge >= 0.3 is 5.97 Å². The van der Waals surface area contributed by atoms with Gasteiger partial charge in [0.25, 0.3) is 0 Å². The Labute approximate surface area is 120 Å². The van der Waals surface area contributed by atoms with E-state index in [0.717, 1.165) is 21.3 Å². The zero-order valence-corrected chi connectivity index (χ0v) is 12.1. The van der Waals surface area contributed by atoms with Crippen LogP contribution in [0.2, 0.25) is 0 Å². The average molecular weight is 320 g/mol. The Balaban J connectivity index is 2.10. The van der Waals surface area contributed by atoms with Crippen LogP contribution in [0.5, 0.6) is 0 Å². The largest absolute Gasteiger partial charge is 0.478 e. The highest BCUT2D eigenvalue weighted by atomic mass is 79.9. The highest BCUT2D eigenvalue weighted by Gasteiger charge is 2.03. The van der Waals surface area contributed by atoms with E-state index < -0.39 is 5.97 Å². The van der Waals surface area contributed by atoms with E-state index in [1.54, 1.807) is 18.2 Å². The molecule has 0 aliphatic rings. The molecule has 0 heterocycles. The second-order valence-corrected chi connectivity index (χ2v) is 5.29. The molecule has 0 saturated carbocycles. The Bertz CT molecular complexity index is 591. The van der Waals surface area contributed by atoms with E-state index in [4.69, 9.17) is 5.11 Å². The molecule has 19 heavy (non-hydrogen) atoms. The maximum Gasteiger partial charge on any atom is 0.335 e. The highest BCUT2D eigenvalue weighted by Crippen LogP contribution is 2.19. The molecule has 2 aromatic carbocycles. The number of carbonyl (C=O) groups is 1. The summed E-state index contributed by atoms with van der Waals surface area (Å²) in [7, 11) is 0. The standard InChI is InChI=1S/C15H14BrNO2/c1-10-5-13(16)8-14(6-10)17-9-11-3-2-4-12(7-11)15(18)19/h2-8,17H,9H2,1H3,(H,18,19). The molecule has 3 nitrogen and oxygen atoms in total. The quantitative estimate of drug-likeness (QED) is 0.893. The number of carboxylic acids is 1. The van der Waals surface area contributed by atoms with E-state index in [0.29, 0.717) is 12.1 Å². The molecule has 0 saturated heterocycles. The van der Waals surface area contributed by atoms with Crippen LogP contribution < -0.4 is 5.32 Å². The first kappa shape index (κ1) is 13.6. The molecule has 4 heteroatoms. The van der Waals surface area contributed by atoms with E-state index >= 15 is 0 Å². The summed E-state index contributed by atoms with van der Waals surface area (Å²) in [5, 5.41) is 12.2. The highest BCUT2D eigenvalue weighted by molar-refractivity contribution is 9.10. The SMILES string of the molecule is Cc1cc(Br)cc(NCc2cccc(C(=O)O)c2)c1. The minimum atomic E-state index is -0.903. The Kier molecular flexibility index (Phi) is 4.22. The molecular formula is C15H14BrNO2. The predicted molar refractivity (Wildman–Crippen MR) is 79.6 cm³/mol. The molecule has 98 valence electrons. The summed E-state index contributed by atoms with van der Waals surface area (Å²) in [5.41, 5.74) is 3.42. The number of anilines is 1. The average Bonchev–Trinajstić information content (AvgIpc) is 2.35. The monoisotopic (exact) mass is 319 g/mol. The second kappa shape index (κ2) is 5.89. The molecule has 2 rings (SSSR count). The fourth-order valence-electron chi connectivity index (χ4n) is 1.86. The molecule has 2 N–H and O–H groups in total. The number of aryl methyl sites for hydroxylation is 1. The van der Waals surface area contributed by atoms with Gasteiger partial charge in [-0.3, -0.25) is 0 Å². The van der Waals surface area contributed by atoms with Crippen LogP contribution in [0.1, 0.15) is 21.5 Å². The molecule has 0 aliphatic carbocycles. The molecule has 0 amide bonds. The molecule has 0 radical (unpaired) electrons. The van der Waals surface area contributed by atoms with Gasteiger partial charge in [-0.25, -0.2) is 4.79 Å². The van der Waals surface area contributed by atoms with Crippen molar-refractivity contribution >= 4 is 27.6 Å². The van der Waals surface area contributed by atoms with Gasteiger partial charge in [-0.05, 0) is 48.4 Å². The minimum Gasteiger partial charge on any atom is -0.478 e. The summed E-state index contributed by atoms with van der Waals surface area (Å²) in [6.07, 6.45) is 0. The van der Waals surface area contributed by atoms with Gasteiger partial charge in [0.05, 0.1) is 5.56 Å². The molecule has 0 aromatic heterocycles. The van der Waals surface area contributed by atoms with Crippen molar-refractivity contribution in [3.63, 3.8) is 0 Å². The summed E-state index contributed by atoms with van der Waals surface area (Å²) in [6, 6.07) is 13.0. The van der Waals surface area contributed by atoms with E-state index in [1.807, 2.05) is 31.2 Å². The normalized spacial score (nSPS) is 10.2. The van der Waals surface area contributed by atoms with Gasteiger partial charge in [0.2, 0.25) is 0 Å². The van der Waals surface area contributed by atoms with Crippen molar-refractivity contribution in [1.82, 2.24) is 0 Å². The van der Waals surface area contributed by atoms with Gasteiger partial charge in [0.15, 0.2) is 0 Å². The summed E-state index contributed by atoms with van der Waals surface area (Å²) < 4.78 is 1.02. The van der Waals surface area contributed by atoms with Crippen molar-refractivity contribution < 1.29 is 9.90 Å². The zero-order valence-electron chi connectivity index (χ0n) is 10.5. The van der Waals surface area contributed by atoms with Crippen LogP contribution in [0.4, 0.5) is 5.69 Å². The number of hydrogen-bond donors (Lipinski definition) is 2. The number of rotatable bonds is 4. The molecule has 0 bridgehead atoms. The van der Waals surface area contributed by atoms with Crippen molar-refractivity contribution in [1.29, 1.82) is 0 Å². The number of benzene rings is 2. The Morgan fingerprint density at radius 3 is 2.74 bits per heavy atom. The van der Waals surface area contributed by atoms with E-state index in [2.05, 4.69) is 21.2 Å². The van der Waals surface area contributed by atoms with Crippen LogP contribution in [0, 0.1) is 6.92 Å².